The first kappa shape index (κ1) is 34.0. The lowest BCUT2D eigenvalue weighted by molar-refractivity contribution is -0.119. The molecule has 1 aromatic heterocycles. The second-order valence-corrected chi connectivity index (χ2v) is 9.67. The molecule has 1 atom stereocenters. The van der Waals surface area contributed by atoms with Crippen molar-refractivity contribution in [3.63, 3.8) is 0 Å². The third kappa shape index (κ3) is 8.22. The summed E-state index contributed by atoms with van der Waals surface area (Å²) >= 11 is 0. The Morgan fingerprint density at radius 3 is 2.33 bits per heavy atom. The van der Waals surface area contributed by atoms with Gasteiger partial charge in [0.25, 0.3) is 0 Å². The highest BCUT2D eigenvalue weighted by molar-refractivity contribution is 6.13. The number of carbonyl (C=O) groups is 1. The molecular formula is C33H48N6O. The van der Waals surface area contributed by atoms with Gasteiger partial charge in [0.1, 0.15) is 0 Å². The van der Waals surface area contributed by atoms with E-state index in [1.807, 2.05) is 26.8 Å². The Labute approximate surface area is 240 Å². The number of aliphatic imine (C=N–C) groups is 1. The number of amides is 1. The van der Waals surface area contributed by atoms with Gasteiger partial charge in [-0.3, -0.25) is 9.79 Å². The van der Waals surface area contributed by atoms with E-state index in [4.69, 9.17) is 21.9 Å². The number of aryl methyl sites for hydroxylation is 1. The van der Waals surface area contributed by atoms with Crippen LogP contribution in [0.25, 0.3) is 10.9 Å². The first-order valence-corrected chi connectivity index (χ1v) is 14.2. The van der Waals surface area contributed by atoms with Crippen molar-refractivity contribution in [1.29, 1.82) is 5.41 Å². The SMILES string of the molecule is C#C.CC.CC(=Nc1c(C(C)C(N)=O)[nH]c2ccc(N)c(C=N)c12)c1ccc(C)cc1NC1CCC1.CCCC. The summed E-state index contributed by atoms with van der Waals surface area (Å²) in [4.78, 5) is 20.3. The van der Waals surface area contributed by atoms with Crippen LogP contribution in [0.4, 0.5) is 17.1 Å². The van der Waals surface area contributed by atoms with Gasteiger partial charge in [-0.05, 0) is 63.8 Å². The number of primary amides is 1. The molecule has 4 rings (SSSR count). The number of carbonyl (C=O) groups excluding carboxylic acids is 1. The summed E-state index contributed by atoms with van der Waals surface area (Å²) < 4.78 is 0. The number of aromatic nitrogens is 1. The smallest absolute Gasteiger partial charge is 0.226 e. The Balaban J connectivity index is 0.000000902. The van der Waals surface area contributed by atoms with Gasteiger partial charge in [-0.2, -0.15) is 0 Å². The van der Waals surface area contributed by atoms with Gasteiger partial charge >= 0.3 is 0 Å². The maximum atomic E-state index is 12.0. The van der Waals surface area contributed by atoms with E-state index in [0.29, 0.717) is 28.7 Å². The lowest BCUT2D eigenvalue weighted by Gasteiger charge is -2.28. The molecule has 2 aromatic carbocycles. The number of terminal acetylenes is 1. The minimum absolute atomic E-state index is 0.447. The third-order valence-corrected chi connectivity index (χ3v) is 6.85. The zero-order valence-electron chi connectivity index (χ0n) is 25.3. The highest BCUT2D eigenvalue weighted by atomic mass is 16.1. The second-order valence-electron chi connectivity index (χ2n) is 9.67. The van der Waals surface area contributed by atoms with Crippen molar-refractivity contribution < 1.29 is 4.79 Å². The van der Waals surface area contributed by atoms with E-state index in [2.05, 4.69) is 62.1 Å². The fourth-order valence-electron chi connectivity index (χ4n) is 4.15. The van der Waals surface area contributed by atoms with Gasteiger partial charge in [0, 0.05) is 51.4 Å². The van der Waals surface area contributed by atoms with Crippen molar-refractivity contribution in [3.8, 4) is 12.8 Å². The molecule has 7 heteroatoms. The molecule has 0 radical (unpaired) electrons. The van der Waals surface area contributed by atoms with Crippen LogP contribution in [0.1, 0.15) is 102 Å². The average molecular weight is 545 g/mol. The van der Waals surface area contributed by atoms with Crippen molar-refractivity contribution in [2.75, 3.05) is 11.1 Å². The first-order chi connectivity index (χ1) is 19.2. The zero-order valence-corrected chi connectivity index (χ0v) is 25.3. The Morgan fingerprint density at radius 1 is 1.20 bits per heavy atom. The molecule has 1 aliphatic carbocycles. The molecule has 0 saturated heterocycles. The molecule has 1 saturated carbocycles. The molecule has 1 fully saturated rings. The fourth-order valence-corrected chi connectivity index (χ4v) is 4.15. The summed E-state index contributed by atoms with van der Waals surface area (Å²) in [5, 5.41) is 12.3. The number of nitrogens with zero attached hydrogens (tertiary/aromatic N) is 1. The van der Waals surface area contributed by atoms with E-state index in [0.717, 1.165) is 27.9 Å². The van der Waals surface area contributed by atoms with Crippen molar-refractivity contribution in [2.24, 2.45) is 10.7 Å². The minimum atomic E-state index is -0.570. The number of fused-ring (bicyclic) bond motifs is 1. The third-order valence-electron chi connectivity index (χ3n) is 6.85. The van der Waals surface area contributed by atoms with Crippen LogP contribution in [0.15, 0.2) is 35.3 Å². The lowest BCUT2D eigenvalue weighted by Crippen LogP contribution is -2.27. The zero-order chi connectivity index (χ0) is 30.4. The molecule has 0 aliphatic heterocycles. The second kappa shape index (κ2) is 16.8. The number of unbranched alkanes of at least 4 members (excludes halogenated alkanes) is 1. The summed E-state index contributed by atoms with van der Waals surface area (Å²) in [7, 11) is 0. The topological polar surface area (TPSA) is 133 Å². The molecule has 7 nitrogen and oxygen atoms in total. The van der Waals surface area contributed by atoms with Crippen molar-refractivity contribution in [2.45, 2.75) is 92.5 Å². The average Bonchev–Trinajstić information content (AvgIpc) is 3.30. The van der Waals surface area contributed by atoms with Gasteiger partial charge in [0.05, 0.1) is 17.3 Å². The molecule has 7 N–H and O–H groups in total. The van der Waals surface area contributed by atoms with Crippen LogP contribution in [-0.4, -0.2) is 28.9 Å². The summed E-state index contributed by atoms with van der Waals surface area (Å²) in [6.45, 7) is 14.2. The highest BCUT2D eigenvalue weighted by Crippen LogP contribution is 2.39. The number of H-pyrrole nitrogens is 1. The molecule has 40 heavy (non-hydrogen) atoms. The van der Waals surface area contributed by atoms with Crippen LogP contribution < -0.4 is 16.8 Å². The molecule has 0 spiro atoms. The first-order valence-electron chi connectivity index (χ1n) is 14.2. The van der Waals surface area contributed by atoms with Crippen molar-refractivity contribution in [3.05, 3.63) is 52.7 Å². The maximum absolute atomic E-state index is 12.0. The predicted octanol–water partition coefficient (Wildman–Crippen LogP) is 7.83. The molecule has 216 valence electrons. The van der Waals surface area contributed by atoms with Crippen LogP contribution in [-0.2, 0) is 4.79 Å². The number of benzene rings is 2. The van der Waals surface area contributed by atoms with Gasteiger partial charge < -0.3 is 27.2 Å². The molecule has 1 unspecified atom stereocenters. The number of nitrogen functional groups attached to an aromatic ring is 1. The molecule has 3 aromatic rings. The maximum Gasteiger partial charge on any atom is 0.226 e. The number of hydrogen-bond donors (Lipinski definition) is 5. The summed E-state index contributed by atoms with van der Waals surface area (Å²) in [6, 6.07) is 10.4. The van der Waals surface area contributed by atoms with Crippen molar-refractivity contribution >= 4 is 45.8 Å². The van der Waals surface area contributed by atoms with Crippen LogP contribution in [0.2, 0.25) is 0 Å². The Morgan fingerprint density at radius 2 is 1.82 bits per heavy atom. The van der Waals surface area contributed by atoms with Gasteiger partial charge in [0.15, 0.2) is 0 Å². The largest absolute Gasteiger partial charge is 0.398 e. The predicted molar refractivity (Wildman–Crippen MR) is 174 cm³/mol. The van der Waals surface area contributed by atoms with Crippen LogP contribution in [0, 0.1) is 25.2 Å². The lowest BCUT2D eigenvalue weighted by atomic mass is 9.92. The highest BCUT2D eigenvalue weighted by Gasteiger charge is 2.24. The van der Waals surface area contributed by atoms with Crippen LogP contribution in [0.3, 0.4) is 0 Å². The molecule has 1 aliphatic rings. The molecular weight excluding hydrogens is 496 g/mol. The van der Waals surface area contributed by atoms with Crippen molar-refractivity contribution in [1.82, 2.24) is 4.98 Å². The van der Waals surface area contributed by atoms with E-state index in [9.17, 15) is 4.79 Å². The van der Waals surface area contributed by atoms with E-state index in [1.54, 1.807) is 13.0 Å². The van der Waals surface area contributed by atoms with E-state index >= 15 is 0 Å². The van der Waals surface area contributed by atoms with Gasteiger partial charge in [0.2, 0.25) is 5.91 Å². The molecule has 1 amide bonds. The van der Waals surface area contributed by atoms with Crippen LogP contribution >= 0.6 is 0 Å². The number of anilines is 2. The monoisotopic (exact) mass is 544 g/mol. The summed E-state index contributed by atoms with van der Waals surface area (Å²) in [5.41, 5.74) is 18.9. The number of rotatable bonds is 8. The van der Waals surface area contributed by atoms with E-state index < -0.39 is 11.8 Å². The molecule has 0 bridgehead atoms. The normalized spacial score (nSPS) is 13.3. The fraction of sp³-hybridized carbons (Fsp3) is 0.424. The van der Waals surface area contributed by atoms with Gasteiger partial charge in [-0.25, -0.2) is 0 Å². The molecule has 1 heterocycles. The summed E-state index contributed by atoms with van der Waals surface area (Å²) in [6.07, 6.45) is 15.5. The number of aromatic amines is 1. The number of hydrogen-bond acceptors (Lipinski definition) is 5. The van der Waals surface area contributed by atoms with Crippen LogP contribution in [0.5, 0.6) is 0 Å². The Hall–Kier alpha value is -4.05. The number of nitrogens with one attached hydrogen (secondary N) is 3. The van der Waals surface area contributed by atoms with Gasteiger partial charge in [-0.15, -0.1) is 12.8 Å². The Kier molecular flexibility index (Phi) is 14.3. The van der Waals surface area contributed by atoms with E-state index in [1.165, 1.54) is 43.9 Å². The number of nitrogens with two attached hydrogens (primary N) is 2. The summed E-state index contributed by atoms with van der Waals surface area (Å²) in [5.74, 6) is -1.02. The minimum Gasteiger partial charge on any atom is -0.398 e. The quantitative estimate of drug-likeness (QED) is 0.112. The van der Waals surface area contributed by atoms with E-state index in [-0.39, 0.29) is 0 Å². The standard InChI is InChI=1S/C25H30N6O.C4H10.C2H6.C2H2/c1-13-7-8-17(21(11-13)30-16-5-4-6-16)15(3)29-24-22-18(12-26)19(27)9-10-20(22)31-23(24)14(2)25(28)32;1-3-4-2;2*1-2/h7-12,14,16,26,30-31H,4-6,27H2,1-3H3,(H2,28,32);3-4H2,1-2H3;1-2H3;1-2H. The Bertz CT molecular complexity index is 1310. The van der Waals surface area contributed by atoms with Gasteiger partial charge in [-0.1, -0.05) is 52.7 Å².